The molecular weight excluding hydrogens is 274 g/mol. The van der Waals surface area contributed by atoms with E-state index < -0.39 is 23.5 Å². The van der Waals surface area contributed by atoms with Crippen LogP contribution in [-0.4, -0.2) is 16.7 Å². The van der Waals surface area contributed by atoms with Gasteiger partial charge in [-0.2, -0.15) is 5.26 Å². The second-order valence-corrected chi connectivity index (χ2v) is 4.68. The van der Waals surface area contributed by atoms with Crippen LogP contribution in [0.25, 0.3) is 0 Å². The summed E-state index contributed by atoms with van der Waals surface area (Å²) in [6, 6.07) is 8.64. The lowest BCUT2D eigenvalue weighted by atomic mass is 9.80. The van der Waals surface area contributed by atoms with E-state index in [1.807, 2.05) is 0 Å². The SMILES string of the molecule is N#C[C@@H](c1cccnc1)[C@H](CCO)c1cc(F)ccc1F. The summed E-state index contributed by atoms with van der Waals surface area (Å²) < 4.78 is 27.4. The average Bonchev–Trinajstić information content (AvgIpc) is 2.51. The van der Waals surface area contributed by atoms with E-state index >= 15 is 0 Å². The maximum atomic E-state index is 14.0. The molecule has 0 saturated carbocycles. The van der Waals surface area contributed by atoms with E-state index in [1.54, 1.807) is 18.3 Å². The average molecular weight is 288 g/mol. The van der Waals surface area contributed by atoms with E-state index in [0.717, 1.165) is 18.2 Å². The fourth-order valence-electron chi connectivity index (χ4n) is 2.40. The lowest BCUT2D eigenvalue weighted by Gasteiger charge is -2.22. The maximum absolute atomic E-state index is 14.0. The van der Waals surface area contributed by atoms with Crippen molar-refractivity contribution in [2.24, 2.45) is 0 Å². The van der Waals surface area contributed by atoms with Crippen LogP contribution in [0, 0.1) is 23.0 Å². The van der Waals surface area contributed by atoms with Gasteiger partial charge in [-0.1, -0.05) is 6.07 Å². The first-order chi connectivity index (χ1) is 10.2. The zero-order valence-electron chi connectivity index (χ0n) is 11.2. The van der Waals surface area contributed by atoms with Gasteiger partial charge in [-0.05, 0) is 41.8 Å². The van der Waals surface area contributed by atoms with Gasteiger partial charge in [0, 0.05) is 24.9 Å². The Balaban J connectivity index is 2.47. The molecule has 0 aliphatic rings. The van der Waals surface area contributed by atoms with Crippen molar-refractivity contribution in [3.63, 3.8) is 0 Å². The summed E-state index contributed by atoms with van der Waals surface area (Å²) in [5.41, 5.74) is 0.710. The molecule has 2 rings (SSSR count). The molecule has 0 spiro atoms. The van der Waals surface area contributed by atoms with Gasteiger partial charge in [0.25, 0.3) is 0 Å². The fourth-order valence-corrected chi connectivity index (χ4v) is 2.40. The van der Waals surface area contributed by atoms with Gasteiger partial charge in [0.1, 0.15) is 11.6 Å². The van der Waals surface area contributed by atoms with Crippen LogP contribution in [0.3, 0.4) is 0 Å². The first kappa shape index (κ1) is 15.1. The van der Waals surface area contributed by atoms with Crippen molar-refractivity contribution in [1.29, 1.82) is 5.26 Å². The van der Waals surface area contributed by atoms with Crippen LogP contribution in [0.5, 0.6) is 0 Å². The molecule has 0 bridgehead atoms. The second kappa shape index (κ2) is 6.91. The smallest absolute Gasteiger partial charge is 0.126 e. The van der Waals surface area contributed by atoms with E-state index in [9.17, 15) is 19.1 Å². The minimum atomic E-state index is -0.706. The number of pyridine rings is 1. The number of rotatable bonds is 5. The number of nitrogens with zero attached hydrogens (tertiary/aromatic N) is 2. The van der Waals surface area contributed by atoms with Crippen LogP contribution in [0.1, 0.15) is 29.4 Å². The Morgan fingerprint density at radius 2 is 2.10 bits per heavy atom. The molecule has 2 atom stereocenters. The van der Waals surface area contributed by atoms with E-state index in [2.05, 4.69) is 11.1 Å². The Hall–Kier alpha value is -2.32. The highest BCUT2D eigenvalue weighted by atomic mass is 19.1. The van der Waals surface area contributed by atoms with Crippen LogP contribution in [0.15, 0.2) is 42.7 Å². The minimum Gasteiger partial charge on any atom is -0.396 e. The number of aliphatic hydroxyl groups is 1. The van der Waals surface area contributed by atoms with Gasteiger partial charge >= 0.3 is 0 Å². The Labute approximate surface area is 121 Å². The molecule has 0 aliphatic carbocycles. The highest BCUT2D eigenvalue weighted by Gasteiger charge is 2.27. The number of nitriles is 1. The van der Waals surface area contributed by atoms with Gasteiger partial charge in [0.15, 0.2) is 0 Å². The van der Waals surface area contributed by atoms with Crippen LogP contribution < -0.4 is 0 Å². The first-order valence-corrected chi connectivity index (χ1v) is 6.52. The third-order valence-electron chi connectivity index (χ3n) is 3.38. The summed E-state index contributed by atoms with van der Waals surface area (Å²) in [6.45, 7) is -0.223. The lowest BCUT2D eigenvalue weighted by Crippen LogP contribution is -2.14. The molecular formula is C16H14F2N2O. The molecule has 1 aromatic heterocycles. The molecule has 2 aromatic rings. The highest BCUT2D eigenvalue weighted by Crippen LogP contribution is 2.36. The zero-order valence-corrected chi connectivity index (χ0v) is 11.2. The molecule has 3 nitrogen and oxygen atoms in total. The zero-order chi connectivity index (χ0) is 15.2. The molecule has 0 amide bonds. The fraction of sp³-hybridized carbons (Fsp3) is 0.250. The van der Waals surface area contributed by atoms with E-state index in [1.165, 1.54) is 6.20 Å². The standard InChI is InChI=1S/C16H14F2N2O/c17-12-3-4-16(18)14(8-12)13(5-7-21)15(9-19)11-2-1-6-20-10-11/h1-4,6,8,10,13,15,21H,5,7H2/t13-,15+/m1/s1. The van der Waals surface area contributed by atoms with Gasteiger partial charge in [0.2, 0.25) is 0 Å². The number of hydrogen-bond acceptors (Lipinski definition) is 3. The largest absolute Gasteiger partial charge is 0.396 e. The van der Waals surface area contributed by atoms with Gasteiger partial charge in [-0.3, -0.25) is 4.98 Å². The summed E-state index contributed by atoms with van der Waals surface area (Å²) in [7, 11) is 0. The summed E-state index contributed by atoms with van der Waals surface area (Å²) in [5, 5.41) is 18.6. The highest BCUT2D eigenvalue weighted by molar-refractivity contribution is 5.32. The van der Waals surface area contributed by atoms with Gasteiger partial charge in [-0.15, -0.1) is 0 Å². The monoisotopic (exact) mass is 288 g/mol. The number of hydrogen-bond donors (Lipinski definition) is 1. The van der Waals surface area contributed by atoms with Crippen molar-refractivity contribution in [2.75, 3.05) is 6.61 Å². The van der Waals surface area contributed by atoms with Crippen molar-refractivity contribution < 1.29 is 13.9 Å². The molecule has 0 radical (unpaired) electrons. The minimum absolute atomic E-state index is 0.0967. The van der Waals surface area contributed by atoms with Crippen LogP contribution in [-0.2, 0) is 0 Å². The molecule has 1 heterocycles. The molecule has 1 N–H and O–H groups in total. The normalized spacial score (nSPS) is 13.4. The molecule has 0 fully saturated rings. The first-order valence-electron chi connectivity index (χ1n) is 6.52. The second-order valence-electron chi connectivity index (χ2n) is 4.68. The number of halogens is 2. The van der Waals surface area contributed by atoms with Gasteiger partial charge < -0.3 is 5.11 Å². The molecule has 0 aliphatic heterocycles. The van der Waals surface area contributed by atoms with Crippen molar-refractivity contribution in [3.05, 3.63) is 65.5 Å². The van der Waals surface area contributed by atoms with E-state index in [4.69, 9.17) is 0 Å². The number of aliphatic hydroxyl groups excluding tert-OH is 1. The van der Waals surface area contributed by atoms with Crippen molar-refractivity contribution in [3.8, 4) is 6.07 Å². The predicted molar refractivity (Wildman–Crippen MR) is 73.4 cm³/mol. The van der Waals surface area contributed by atoms with Crippen molar-refractivity contribution in [1.82, 2.24) is 4.98 Å². The molecule has 1 aromatic carbocycles. The molecule has 0 saturated heterocycles. The van der Waals surface area contributed by atoms with Crippen LogP contribution in [0.4, 0.5) is 8.78 Å². The predicted octanol–water partition coefficient (Wildman–Crippen LogP) is 3.13. The summed E-state index contributed by atoms with van der Waals surface area (Å²) in [5.74, 6) is -2.50. The Morgan fingerprint density at radius 1 is 1.29 bits per heavy atom. The lowest BCUT2D eigenvalue weighted by molar-refractivity contribution is 0.270. The van der Waals surface area contributed by atoms with Crippen molar-refractivity contribution in [2.45, 2.75) is 18.3 Å². The summed E-state index contributed by atoms with van der Waals surface area (Å²) in [6.07, 6.45) is 3.25. The number of benzene rings is 1. The third kappa shape index (κ3) is 3.41. The number of aromatic nitrogens is 1. The Bertz CT molecular complexity index is 640. The Morgan fingerprint density at radius 3 is 2.71 bits per heavy atom. The molecule has 21 heavy (non-hydrogen) atoms. The third-order valence-corrected chi connectivity index (χ3v) is 3.38. The van der Waals surface area contributed by atoms with Crippen LogP contribution >= 0.6 is 0 Å². The molecule has 108 valence electrons. The van der Waals surface area contributed by atoms with Gasteiger partial charge in [-0.25, -0.2) is 8.78 Å². The molecule has 0 unspecified atom stereocenters. The van der Waals surface area contributed by atoms with Crippen molar-refractivity contribution >= 4 is 0 Å². The topological polar surface area (TPSA) is 56.9 Å². The van der Waals surface area contributed by atoms with E-state index in [0.29, 0.717) is 5.56 Å². The molecule has 5 heteroatoms. The summed E-state index contributed by atoms with van der Waals surface area (Å²) in [4.78, 5) is 3.95. The Kier molecular flexibility index (Phi) is 4.96. The van der Waals surface area contributed by atoms with Crippen LogP contribution in [0.2, 0.25) is 0 Å². The van der Waals surface area contributed by atoms with Gasteiger partial charge in [0.05, 0.1) is 12.0 Å². The quantitative estimate of drug-likeness (QED) is 0.919. The maximum Gasteiger partial charge on any atom is 0.126 e. The summed E-state index contributed by atoms with van der Waals surface area (Å²) >= 11 is 0. The van der Waals surface area contributed by atoms with E-state index in [-0.39, 0.29) is 18.6 Å².